The molecule has 4 heteroatoms. The van der Waals surface area contributed by atoms with Crippen molar-refractivity contribution in [3.63, 3.8) is 0 Å². The van der Waals surface area contributed by atoms with E-state index in [9.17, 15) is 4.79 Å². The quantitative estimate of drug-likeness (QED) is 0.898. The molecule has 0 heterocycles. The third-order valence-corrected chi connectivity index (χ3v) is 3.04. The molecule has 2 N–H and O–H groups in total. The molecule has 0 unspecified atom stereocenters. The van der Waals surface area contributed by atoms with Gasteiger partial charge in [0.15, 0.2) is 0 Å². The van der Waals surface area contributed by atoms with Crippen LogP contribution in [0.4, 0.5) is 5.69 Å². The molecule has 3 nitrogen and oxygen atoms in total. The Morgan fingerprint density at radius 3 is 2.26 bits per heavy atom. The summed E-state index contributed by atoms with van der Waals surface area (Å²) in [4.78, 5) is 11.4. The van der Waals surface area contributed by atoms with Crippen LogP contribution >= 0.6 is 11.6 Å². The largest absolute Gasteiger partial charge is 0.381 e. The summed E-state index contributed by atoms with van der Waals surface area (Å²) in [5.41, 5.74) is 2.79. The van der Waals surface area contributed by atoms with Gasteiger partial charge in [-0.3, -0.25) is 4.79 Å². The van der Waals surface area contributed by atoms with Crippen LogP contribution in [0, 0.1) is 0 Å². The van der Waals surface area contributed by atoms with Gasteiger partial charge in [-0.1, -0.05) is 23.7 Å². The standard InChI is InChI=1S/C15H15ClN2O/c1-17-15(19)12-4-2-11(3-5-12)10-18-14-8-6-13(16)7-9-14/h2-9,18H,10H2,1H3,(H,17,19). The predicted octanol–water partition coefficient (Wildman–Crippen LogP) is 3.31. The number of anilines is 1. The number of amides is 1. The van der Waals surface area contributed by atoms with Crippen molar-refractivity contribution < 1.29 is 4.79 Å². The first kappa shape index (κ1) is 13.4. The normalized spacial score (nSPS) is 10.0. The van der Waals surface area contributed by atoms with Crippen LogP contribution in [0.2, 0.25) is 5.02 Å². The molecule has 19 heavy (non-hydrogen) atoms. The highest BCUT2D eigenvalue weighted by atomic mass is 35.5. The van der Waals surface area contributed by atoms with Crippen LogP contribution in [0.1, 0.15) is 15.9 Å². The van der Waals surface area contributed by atoms with E-state index < -0.39 is 0 Å². The summed E-state index contributed by atoms with van der Waals surface area (Å²) in [6.07, 6.45) is 0. The van der Waals surface area contributed by atoms with Gasteiger partial charge in [-0.25, -0.2) is 0 Å². The number of nitrogens with one attached hydrogen (secondary N) is 2. The smallest absolute Gasteiger partial charge is 0.251 e. The molecule has 0 spiro atoms. The van der Waals surface area contributed by atoms with E-state index >= 15 is 0 Å². The zero-order valence-corrected chi connectivity index (χ0v) is 11.4. The van der Waals surface area contributed by atoms with Gasteiger partial charge in [-0.05, 0) is 42.0 Å². The summed E-state index contributed by atoms with van der Waals surface area (Å²) >= 11 is 5.82. The summed E-state index contributed by atoms with van der Waals surface area (Å²) in [7, 11) is 1.62. The summed E-state index contributed by atoms with van der Waals surface area (Å²) < 4.78 is 0. The summed E-state index contributed by atoms with van der Waals surface area (Å²) in [6, 6.07) is 15.1. The van der Waals surface area contributed by atoms with Gasteiger partial charge in [-0.2, -0.15) is 0 Å². The second kappa shape index (κ2) is 6.25. The number of carbonyl (C=O) groups excluding carboxylic acids is 1. The Labute approximate surface area is 117 Å². The Bertz CT molecular complexity index is 549. The highest BCUT2D eigenvalue weighted by Gasteiger charge is 2.02. The SMILES string of the molecule is CNC(=O)c1ccc(CNc2ccc(Cl)cc2)cc1. The molecule has 0 aliphatic heterocycles. The van der Waals surface area contributed by atoms with E-state index in [0.29, 0.717) is 12.1 Å². The van der Waals surface area contributed by atoms with E-state index in [1.54, 1.807) is 7.05 Å². The minimum Gasteiger partial charge on any atom is -0.381 e. The monoisotopic (exact) mass is 274 g/mol. The van der Waals surface area contributed by atoms with Crippen molar-refractivity contribution in [3.05, 3.63) is 64.7 Å². The van der Waals surface area contributed by atoms with Crippen LogP contribution < -0.4 is 10.6 Å². The molecule has 0 atom stereocenters. The molecule has 0 aliphatic rings. The number of rotatable bonds is 4. The predicted molar refractivity (Wildman–Crippen MR) is 78.6 cm³/mol. The molecule has 0 saturated heterocycles. The van der Waals surface area contributed by atoms with Gasteiger partial charge in [0.25, 0.3) is 5.91 Å². The molecule has 0 aliphatic carbocycles. The van der Waals surface area contributed by atoms with Crippen LogP contribution in [0.15, 0.2) is 48.5 Å². The van der Waals surface area contributed by atoms with Gasteiger partial charge >= 0.3 is 0 Å². The summed E-state index contributed by atoms with van der Waals surface area (Å²) in [5, 5.41) is 6.61. The highest BCUT2D eigenvalue weighted by molar-refractivity contribution is 6.30. The van der Waals surface area contributed by atoms with Crippen LogP contribution in [-0.2, 0) is 6.54 Å². The first-order chi connectivity index (χ1) is 9.19. The Hall–Kier alpha value is -2.00. The maximum absolute atomic E-state index is 11.4. The van der Waals surface area contributed by atoms with Gasteiger partial charge in [0.05, 0.1) is 0 Å². The maximum Gasteiger partial charge on any atom is 0.251 e. The van der Waals surface area contributed by atoms with Crippen LogP contribution in [0.5, 0.6) is 0 Å². The van der Waals surface area contributed by atoms with Crippen molar-refractivity contribution in [3.8, 4) is 0 Å². The molecule has 2 rings (SSSR count). The highest BCUT2D eigenvalue weighted by Crippen LogP contribution is 2.14. The lowest BCUT2D eigenvalue weighted by atomic mass is 10.1. The number of benzene rings is 2. The number of hydrogen-bond acceptors (Lipinski definition) is 2. The van der Waals surface area contributed by atoms with Crippen molar-refractivity contribution in [1.29, 1.82) is 0 Å². The average Bonchev–Trinajstić information content (AvgIpc) is 2.46. The molecule has 2 aromatic rings. The lowest BCUT2D eigenvalue weighted by Gasteiger charge is -2.07. The lowest BCUT2D eigenvalue weighted by Crippen LogP contribution is -2.17. The first-order valence-corrected chi connectivity index (χ1v) is 6.37. The molecule has 0 radical (unpaired) electrons. The van der Waals surface area contributed by atoms with Crippen molar-refractivity contribution >= 4 is 23.2 Å². The Morgan fingerprint density at radius 1 is 1.05 bits per heavy atom. The second-order valence-electron chi connectivity index (χ2n) is 4.14. The van der Waals surface area contributed by atoms with Crippen molar-refractivity contribution in [2.45, 2.75) is 6.54 Å². The van der Waals surface area contributed by atoms with Crippen LogP contribution in [0.25, 0.3) is 0 Å². The van der Waals surface area contributed by atoms with Gasteiger partial charge in [-0.15, -0.1) is 0 Å². The van der Waals surface area contributed by atoms with Crippen LogP contribution in [0.3, 0.4) is 0 Å². The van der Waals surface area contributed by atoms with Gasteiger partial charge in [0.2, 0.25) is 0 Å². The fourth-order valence-electron chi connectivity index (χ4n) is 1.69. The maximum atomic E-state index is 11.4. The third kappa shape index (κ3) is 3.73. The molecular formula is C15H15ClN2O. The minimum atomic E-state index is -0.0720. The van der Waals surface area contributed by atoms with Crippen LogP contribution in [-0.4, -0.2) is 13.0 Å². The Kier molecular flexibility index (Phi) is 4.42. The van der Waals surface area contributed by atoms with E-state index in [1.165, 1.54) is 0 Å². The molecule has 1 amide bonds. The number of hydrogen-bond donors (Lipinski definition) is 2. The Balaban J connectivity index is 1.96. The van der Waals surface area contributed by atoms with Gasteiger partial charge < -0.3 is 10.6 Å². The molecule has 0 saturated carbocycles. The van der Waals surface area contributed by atoms with E-state index in [1.807, 2.05) is 48.5 Å². The second-order valence-corrected chi connectivity index (χ2v) is 4.57. The number of carbonyl (C=O) groups is 1. The topological polar surface area (TPSA) is 41.1 Å². The fraction of sp³-hybridized carbons (Fsp3) is 0.133. The average molecular weight is 275 g/mol. The lowest BCUT2D eigenvalue weighted by molar-refractivity contribution is 0.0963. The van der Waals surface area contributed by atoms with Crippen molar-refractivity contribution in [2.75, 3.05) is 12.4 Å². The van der Waals surface area contributed by atoms with Crippen molar-refractivity contribution in [1.82, 2.24) is 5.32 Å². The van der Waals surface area contributed by atoms with E-state index in [4.69, 9.17) is 11.6 Å². The molecule has 0 aromatic heterocycles. The van der Waals surface area contributed by atoms with Gasteiger partial charge in [0.1, 0.15) is 0 Å². The van der Waals surface area contributed by atoms with Crippen molar-refractivity contribution in [2.24, 2.45) is 0 Å². The molecule has 0 fully saturated rings. The summed E-state index contributed by atoms with van der Waals surface area (Å²) in [6.45, 7) is 0.704. The van der Waals surface area contributed by atoms with Gasteiger partial charge in [0, 0.05) is 29.9 Å². The fourth-order valence-corrected chi connectivity index (χ4v) is 1.82. The summed E-state index contributed by atoms with van der Waals surface area (Å²) in [5.74, 6) is -0.0720. The minimum absolute atomic E-state index is 0.0720. The zero-order chi connectivity index (χ0) is 13.7. The van der Waals surface area contributed by atoms with E-state index in [2.05, 4.69) is 10.6 Å². The van der Waals surface area contributed by atoms with E-state index in [-0.39, 0.29) is 5.91 Å². The zero-order valence-electron chi connectivity index (χ0n) is 10.6. The first-order valence-electron chi connectivity index (χ1n) is 5.99. The molecule has 98 valence electrons. The molecular weight excluding hydrogens is 260 g/mol. The molecule has 2 aromatic carbocycles. The Morgan fingerprint density at radius 2 is 1.68 bits per heavy atom. The number of halogens is 1. The van der Waals surface area contributed by atoms with E-state index in [0.717, 1.165) is 16.3 Å². The third-order valence-electron chi connectivity index (χ3n) is 2.78. The molecule has 0 bridgehead atoms.